The van der Waals surface area contributed by atoms with Gasteiger partial charge >= 0.3 is 0 Å². The van der Waals surface area contributed by atoms with Crippen molar-refractivity contribution in [1.29, 1.82) is 0 Å². The third kappa shape index (κ3) is 4.39. The van der Waals surface area contributed by atoms with Crippen LogP contribution in [0.3, 0.4) is 0 Å². The van der Waals surface area contributed by atoms with E-state index in [2.05, 4.69) is 60.1 Å². The highest BCUT2D eigenvalue weighted by Crippen LogP contribution is 2.39. The third-order valence-electron chi connectivity index (χ3n) is 6.18. The van der Waals surface area contributed by atoms with Crippen LogP contribution in [0.1, 0.15) is 29.9 Å². The highest BCUT2D eigenvalue weighted by atomic mass is 32.1. The van der Waals surface area contributed by atoms with Crippen molar-refractivity contribution in [3.05, 3.63) is 78.6 Å². The average molecular weight is 449 g/mol. The van der Waals surface area contributed by atoms with Gasteiger partial charge in [0.05, 0.1) is 42.9 Å². The lowest BCUT2D eigenvalue weighted by molar-refractivity contribution is 0.0365. The van der Waals surface area contributed by atoms with Gasteiger partial charge in [-0.25, -0.2) is 0 Å². The number of aromatic nitrogens is 3. The van der Waals surface area contributed by atoms with Crippen LogP contribution in [0.4, 0.5) is 0 Å². The van der Waals surface area contributed by atoms with Crippen molar-refractivity contribution in [1.82, 2.24) is 29.7 Å². The molecule has 5 rings (SSSR count). The highest BCUT2D eigenvalue weighted by Gasteiger charge is 2.41. The van der Waals surface area contributed by atoms with Gasteiger partial charge in [-0.2, -0.15) is 0 Å². The summed E-state index contributed by atoms with van der Waals surface area (Å²) >= 11 is 5.83. The van der Waals surface area contributed by atoms with Gasteiger partial charge in [0, 0.05) is 50.5 Å². The number of hydrogen-bond donors (Lipinski definition) is 1. The van der Waals surface area contributed by atoms with E-state index in [0.717, 1.165) is 62.3 Å². The molecule has 0 unspecified atom stereocenters. The van der Waals surface area contributed by atoms with E-state index < -0.39 is 0 Å². The second-order valence-corrected chi connectivity index (χ2v) is 8.53. The Balaban J connectivity index is 1.43. The van der Waals surface area contributed by atoms with Crippen LogP contribution in [0.15, 0.2) is 67.3 Å². The Morgan fingerprint density at radius 3 is 2.72 bits per heavy atom. The SMILES string of the molecule is S=C1N[C@@H](c2ccccn2)[C@H](c2cccn2-c2cccnc2)N1CCCN1CCOCC1. The Morgan fingerprint density at radius 1 is 1.03 bits per heavy atom. The first-order valence-electron chi connectivity index (χ1n) is 11.2. The van der Waals surface area contributed by atoms with Gasteiger partial charge in [0.25, 0.3) is 0 Å². The molecular formula is C24H28N6OS. The third-order valence-corrected chi connectivity index (χ3v) is 6.53. The molecule has 0 spiro atoms. The summed E-state index contributed by atoms with van der Waals surface area (Å²) in [6.45, 7) is 5.60. The molecule has 0 radical (unpaired) electrons. The normalized spacial score (nSPS) is 21.6. The molecule has 3 aromatic rings. The smallest absolute Gasteiger partial charge is 0.170 e. The van der Waals surface area contributed by atoms with E-state index in [1.165, 1.54) is 5.69 Å². The molecule has 3 aromatic heterocycles. The van der Waals surface area contributed by atoms with E-state index in [1.807, 2.05) is 30.6 Å². The van der Waals surface area contributed by atoms with Crippen molar-refractivity contribution in [2.45, 2.75) is 18.5 Å². The molecule has 0 amide bonds. The average Bonchev–Trinajstić information content (AvgIpc) is 3.45. The number of nitrogens with one attached hydrogen (secondary N) is 1. The summed E-state index contributed by atoms with van der Waals surface area (Å²) < 4.78 is 7.69. The van der Waals surface area contributed by atoms with Crippen molar-refractivity contribution in [3.63, 3.8) is 0 Å². The molecule has 0 saturated carbocycles. The molecule has 8 heteroatoms. The second kappa shape index (κ2) is 9.77. The Kier molecular flexibility index (Phi) is 6.43. The van der Waals surface area contributed by atoms with Gasteiger partial charge in [-0.1, -0.05) is 6.07 Å². The summed E-state index contributed by atoms with van der Waals surface area (Å²) in [6, 6.07) is 14.4. The van der Waals surface area contributed by atoms with Gasteiger partial charge in [0.2, 0.25) is 0 Å². The monoisotopic (exact) mass is 448 g/mol. The van der Waals surface area contributed by atoms with Crippen LogP contribution < -0.4 is 5.32 Å². The Bertz CT molecular complexity index is 1020. The van der Waals surface area contributed by atoms with Crippen molar-refractivity contribution >= 4 is 17.3 Å². The number of morpholine rings is 1. The zero-order chi connectivity index (χ0) is 21.8. The van der Waals surface area contributed by atoms with Crippen molar-refractivity contribution in [3.8, 4) is 5.69 Å². The number of ether oxygens (including phenoxy) is 1. The largest absolute Gasteiger partial charge is 0.379 e. The minimum absolute atomic E-state index is 0.0163. The molecule has 2 aliphatic rings. The number of pyridine rings is 2. The first-order chi connectivity index (χ1) is 15.8. The number of thiocarbonyl (C=S) groups is 1. The van der Waals surface area contributed by atoms with E-state index in [4.69, 9.17) is 17.0 Å². The van der Waals surface area contributed by atoms with Gasteiger partial charge in [0.15, 0.2) is 5.11 Å². The van der Waals surface area contributed by atoms with E-state index in [1.54, 1.807) is 6.20 Å². The van der Waals surface area contributed by atoms with Crippen LogP contribution in [0.2, 0.25) is 0 Å². The molecule has 0 aliphatic carbocycles. The predicted octanol–water partition coefficient (Wildman–Crippen LogP) is 2.96. The van der Waals surface area contributed by atoms with Crippen LogP contribution in [0.5, 0.6) is 0 Å². The predicted molar refractivity (Wildman–Crippen MR) is 128 cm³/mol. The fourth-order valence-corrected chi connectivity index (χ4v) is 4.96. The summed E-state index contributed by atoms with van der Waals surface area (Å²) in [6.07, 6.45) is 8.67. The lowest BCUT2D eigenvalue weighted by Gasteiger charge is -2.31. The zero-order valence-corrected chi connectivity index (χ0v) is 18.8. The topological polar surface area (TPSA) is 58.5 Å². The molecule has 2 saturated heterocycles. The first kappa shape index (κ1) is 21.1. The van der Waals surface area contributed by atoms with Crippen molar-refractivity contribution in [2.75, 3.05) is 39.4 Å². The standard InChI is InChI=1S/C24H28N6OS/c32-24-27-22(20-7-1-2-10-26-20)23(30(24)13-5-11-28-14-16-31-17-15-28)21-8-4-12-29(21)19-6-3-9-25-18-19/h1-4,6-10,12,18,22-23H,5,11,13-17H2,(H,27,32)/t22-,23-/m0/s1. The minimum atomic E-state index is -0.0163. The minimum Gasteiger partial charge on any atom is -0.379 e. The molecule has 2 fully saturated rings. The summed E-state index contributed by atoms with van der Waals surface area (Å²) in [4.78, 5) is 13.8. The summed E-state index contributed by atoms with van der Waals surface area (Å²) in [5.74, 6) is 0. The van der Waals surface area contributed by atoms with Crippen LogP contribution in [-0.2, 0) is 4.74 Å². The van der Waals surface area contributed by atoms with E-state index in [0.29, 0.717) is 0 Å². The van der Waals surface area contributed by atoms with E-state index in [9.17, 15) is 0 Å². The van der Waals surface area contributed by atoms with Crippen LogP contribution in [0.25, 0.3) is 5.69 Å². The molecule has 2 atom stereocenters. The van der Waals surface area contributed by atoms with Crippen LogP contribution >= 0.6 is 12.2 Å². The first-order valence-corrected chi connectivity index (χ1v) is 11.6. The number of nitrogens with zero attached hydrogens (tertiary/aromatic N) is 5. The fraction of sp³-hybridized carbons (Fsp3) is 0.375. The zero-order valence-electron chi connectivity index (χ0n) is 18.0. The number of rotatable bonds is 7. The second-order valence-electron chi connectivity index (χ2n) is 8.14. The van der Waals surface area contributed by atoms with Crippen LogP contribution in [0, 0.1) is 0 Å². The van der Waals surface area contributed by atoms with Gasteiger partial charge < -0.3 is 19.5 Å². The van der Waals surface area contributed by atoms with Gasteiger partial charge in [0.1, 0.15) is 0 Å². The summed E-state index contributed by atoms with van der Waals surface area (Å²) in [5, 5.41) is 4.34. The molecular weight excluding hydrogens is 420 g/mol. The Morgan fingerprint density at radius 2 is 1.94 bits per heavy atom. The molecule has 166 valence electrons. The maximum atomic E-state index is 5.83. The molecule has 7 nitrogen and oxygen atoms in total. The summed E-state index contributed by atoms with van der Waals surface area (Å²) in [5.41, 5.74) is 3.21. The van der Waals surface area contributed by atoms with Gasteiger partial charge in [-0.15, -0.1) is 0 Å². The summed E-state index contributed by atoms with van der Waals surface area (Å²) in [7, 11) is 0. The lowest BCUT2D eigenvalue weighted by Crippen LogP contribution is -2.39. The highest BCUT2D eigenvalue weighted by molar-refractivity contribution is 7.80. The molecule has 2 aliphatic heterocycles. The Hall–Kier alpha value is -2.81. The van der Waals surface area contributed by atoms with Gasteiger partial charge in [-0.05, 0) is 55.0 Å². The fourth-order valence-electron chi connectivity index (χ4n) is 4.62. The maximum Gasteiger partial charge on any atom is 0.170 e. The molecule has 32 heavy (non-hydrogen) atoms. The molecule has 1 N–H and O–H groups in total. The molecule has 0 bridgehead atoms. The Labute approximate surface area is 194 Å². The lowest BCUT2D eigenvalue weighted by atomic mass is 10.0. The van der Waals surface area contributed by atoms with E-state index >= 15 is 0 Å². The van der Waals surface area contributed by atoms with Crippen molar-refractivity contribution < 1.29 is 4.74 Å². The molecule has 5 heterocycles. The molecule has 0 aromatic carbocycles. The number of hydrogen-bond acceptors (Lipinski definition) is 5. The van der Waals surface area contributed by atoms with Gasteiger partial charge in [-0.3, -0.25) is 14.9 Å². The van der Waals surface area contributed by atoms with Crippen molar-refractivity contribution in [2.24, 2.45) is 0 Å². The van der Waals surface area contributed by atoms with Crippen LogP contribution in [-0.4, -0.2) is 68.8 Å². The maximum absolute atomic E-state index is 5.83. The quantitative estimate of drug-likeness (QED) is 0.558. The van der Waals surface area contributed by atoms with E-state index in [-0.39, 0.29) is 12.1 Å².